The van der Waals surface area contributed by atoms with Crippen LogP contribution < -0.4 is 5.32 Å². The van der Waals surface area contributed by atoms with E-state index in [1.165, 1.54) is 11.1 Å². The summed E-state index contributed by atoms with van der Waals surface area (Å²) in [6, 6.07) is 8.32. The van der Waals surface area contributed by atoms with Gasteiger partial charge in [-0.15, -0.1) is 11.6 Å². The van der Waals surface area contributed by atoms with E-state index in [4.69, 9.17) is 11.6 Å². The van der Waals surface area contributed by atoms with Gasteiger partial charge in [-0.25, -0.2) is 0 Å². The van der Waals surface area contributed by atoms with Crippen LogP contribution in [0.25, 0.3) is 0 Å². The van der Waals surface area contributed by atoms with Crippen LogP contribution in [0.1, 0.15) is 44.2 Å². The molecule has 1 rings (SSSR count). The Morgan fingerprint density at radius 1 is 1.20 bits per heavy atom. The van der Waals surface area contributed by atoms with Crippen molar-refractivity contribution >= 4 is 17.5 Å². The summed E-state index contributed by atoms with van der Waals surface area (Å²) in [6.07, 6.45) is 3.42. The molecule has 0 bridgehead atoms. The molecule has 20 heavy (non-hydrogen) atoms. The first-order valence-corrected chi connectivity index (χ1v) is 7.96. The number of benzene rings is 1. The predicted molar refractivity (Wildman–Crippen MR) is 86.2 cm³/mol. The summed E-state index contributed by atoms with van der Waals surface area (Å²) in [5.41, 5.74) is 2.45. The number of nitrogens with one attached hydrogen (secondary N) is 1. The van der Waals surface area contributed by atoms with Gasteiger partial charge in [-0.3, -0.25) is 4.79 Å². The second kappa shape index (κ2) is 9.02. The van der Waals surface area contributed by atoms with Crippen LogP contribution >= 0.6 is 11.6 Å². The van der Waals surface area contributed by atoms with Gasteiger partial charge in [0.15, 0.2) is 0 Å². The maximum Gasteiger partial charge on any atom is 0.220 e. The van der Waals surface area contributed by atoms with Crippen LogP contribution in [0.3, 0.4) is 0 Å². The molecule has 1 unspecified atom stereocenters. The molecule has 1 N–H and O–H groups in total. The fourth-order valence-corrected chi connectivity index (χ4v) is 2.71. The molecule has 0 saturated heterocycles. The van der Waals surface area contributed by atoms with Crippen LogP contribution in [0.15, 0.2) is 24.3 Å². The van der Waals surface area contributed by atoms with Crippen molar-refractivity contribution in [1.29, 1.82) is 0 Å². The van der Waals surface area contributed by atoms with Gasteiger partial charge in [0, 0.05) is 13.0 Å². The van der Waals surface area contributed by atoms with E-state index in [0.29, 0.717) is 18.9 Å². The van der Waals surface area contributed by atoms with Crippen molar-refractivity contribution in [2.24, 2.45) is 5.92 Å². The average Bonchev–Trinajstić information content (AvgIpc) is 2.45. The lowest BCUT2D eigenvalue weighted by Crippen LogP contribution is -2.33. The Morgan fingerprint density at radius 3 is 2.35 bits per heavy atom. The highest BCUT2D eigenvalue weighted by molar-refractivity contribution is 6.21. The highest BCUT2D eigenvalue weighted by Crippen LogP contribution is 2.17. The summed E-state index contributed by atoms with van der Waals surface area (Å²) in [6.45, 7) is 6.92. The Bertz CT molecular complexity index is 398. The summed E-state index contributed by atoms with van der Waals surface area (Å²) in [5, 5.41) is 2.98. The van der Waals surface area contributed by atoms with Crippen molar-refractivity contribution in [3.63, 3.8) is 0 Å². The fourth-order valence-electron chi connectivity index (χ4n) is 2.28. The average molecular weight is 296 g/mol. The van der Waals surface area contributed by atoms with E-state index in [1.54, 1.807) is 0 Å². The number of alkyl halides is 1. The van der Waals surface area contributed by atoms with Gasteiger partial charge in [0.1, 0.15) is 0 Å². The molecule has 0 aliphatic carbocycles. The maximum atomic E-state index is 11.8. The third-order valence-electron chi connectivity index (χ3n) is 3.82. The first-order chi connectivity index (χ1) is 9.56. The fraction of sp³-hybridized carbons (Fsp3) is 0.588. The van der Waals surface area contributed by atoms with E-state index in [0.717, 1.165) is 19.3 Å². The molecule has 3 heteroatoms. The molecule has 0 spiro atoms. The first kappa shape index (κ1) is 17.0. The number of carbonyl (C=O) groups is 1. The van der Waals surface area contributed by atoms with E-state index < -0.39 is 0 Å². The first-order valence-electron chi connectivity index (χ1n) is 7.53. The normalized spacial score (nSPS) is 12.4. The van der Waals surface area contributed by atoms with Crippen LogP contribution in [0.4, 0.5) is 0 Å². The van der Waals surface area contributed by atoms with E-state index in [2.05, 4.69) is 50.4 Å². The lowest BCUT2D eigenvalue weighted by Gasteiger charge is -2.19. The standard InChI is InChI=1S/C17H26ClNO/c1-4-15(5-2)16(18)12-19-17(20)11-10-14-8-6-13(3)7-9-14/h6-9,15-16H,4-5,10-12H2,1-3H3,(H,19,20). The molecule has 0 saturated carbocycles. The van der Waals surface area contributed by atoms with Crippen LogP contribution in [0, 0.1) is 12.8 Å². The van der Waals surface area contributed by atoms with Gasteiger partial charge >= 0.3 is 0 Å². The monoisotopic (exact) mass is 295 g/mol. The number of hydrogen-bond acceptors (Lipinski definition) is 1. The number of halogens is 1. The number of rotatable bonds is 8. The SMILES string of the molecule is CCC(CC)C(Cl)CNC(=O)CCc1ccc(C)cc1. The van der Waals surface area contributed by atoms with Gasteiger partial charge in [0.25, 0.3) is 0 Å². The molecule has 0 aliphatic heterocycles. The van der Waals surface area contributed by atoms with Gasteiger partial charge in [-0.2, -0.15) is 0 Å². The Hall–Kier alpha value is -1.02. The molecule has 0 radical (unpaired) electrons. The molecule has 112 valence electrons. The second-order valence-electron chi connectivity index (χ2n) is 5.38. The predicted octanol–water partition coefficient (Wildman–Crippen LogP) is 4.09. The van der Waals surface area contributed by atoms with Crippen molar-refractivity contribution in [2.45, 2.75) is 51.8 Å². The van der Waals surface area contributed by atoms with Gasteiger partial charge in [-0.05, 0) is 24.8 Å². The van der Waals surface area contributed by atoms with Crippen LogP contribution in [-0.2, 0) is 11.2 Å². The highest BCUT2D eigenvalue weighted by Gasteiger charge is 2.16. The lowest BCUT2D eigenvalue weighted by molar-refractivity contribution is -0.121. The van der Waals surface area contributed by atoms with E-state index in [1.807, 2.05) is 0 Å². The maximum absolute atomic E-state index is 11.8. The summed E-state index contributed by atoms with van der Waals surface area (Å²) in [5.74, 6) is 0.566. The van der Waals surface area contributed by atoms with Crippen molar-refractivity contribution in [3.8, 4) is 0 Å². The Labute approximate surface area is 127 Å². The van der Waals surface area contributed by atoms with Crippen molar-refractivity contribution in [2.75, 3.05) is 6.54 Å². The Kier molecular flexibility index (Phi) is 7.68. The van der Waals surface area contributed by atoms with E-state index >= 15 is 0 Å². The molecule has 1 amide bonds. The molecule has 1 aromatic carbocycles. The minimum atomic E-state index is 0.0355. The van der Waals surface area contributed by atoms with Gasteiger partial charge < -0.3 is 5.32 Å². The summed E-state index contributed by atoms with van der Waals surface area (Å²) < 4.78 is 0. The zero-order chi connectivity index (χ0) is 15.0. The number of aryl methyl sites for hydroxylation is 2. The smallest absolute Gasteiger partial charge is 0.220 e. The zero-order valence-electron chi connectivity index (χ0n) is 12.8. The van der Waals surface area contributed by atoms with Crippen LogP contribution in [0.5, 0.6) is 0 Å². The van der Waals surface area contributed by atoms with Gasteiger partial charge in [0.05, 0.1) is 5.38 Å². The molecular formula is C17H26ClNO. The molecule has 1 aromatic rings. The Morgan fingerprint density at radius 2 is 1.80 bits per heavy atom. The summed E-state index contributed by atoms with van der Waals surface area (Å²) >= 11 is 6.31. The number of carbonyl (C=O) groups excluding carboxylic acids is 1. The van der Waals surface area contributed by atoms with Gasteiger partial charge in [0.2, 0.25) is 5.91 Å². The third kappa shape index (κ3) is 5.96. The quantitative estimate of drug-likeness (QED) is 0.719. The largest absolute Gasteiger partial charge is 0.355 e. The van der Waals surface area contributed by atoms with Gasteiger partial charge in [-0.1, -0.05) is 56.5 Å². The van der Waals surface area contributed by atoms with Crippen molar-refractivity contribution < 1.29 is 4.79 Å². The molecule has 0 heterocycles. The minimum absolute atomic E-state index is 0.0355. The molecule has 0 fully saturated rings. The second-order valence-corrected chi connectivity index (χ2v) is 5.94. The molecule has 0 aliphatic rings. The van der Waals surface area contributed by atoms with Crippen molar-refractivity contribution in [1.82, 2.24) is 5.32 Å². The van der Waals surface area contributed by atoms with E-state index in [-0.39, 0.29) is 11.3 Å². The number of amides is 1. The van der Waals surface area contributed by atoms with Crippen LogP contribution in [-0.4, -0.2) is 17.8 Å². The molecule has 2 nitrogen and oxygen atoms in total. The van der Waals surface area contributed by atoms with Crippen LogP contribution in [0.2, 0.25) is 0 Å². The Balaban J connectivity index is 2.28. The zero-order valence-corrected chi connectivity index (χ0v) is 13.5. The third-order valence-corrected chi connectivity index (χ3v) is 4.33. The van der Waals surface area contributed by atoms with Crippen molar-refractivity contribution in [3.05, 3.63) is 35.4 Å². The highest BCUT2D eigenvalue weighted by atomic mass is 35.5. The topological polar surface area (TPSA) is 29.1 Å². The summed E-state index contributed by atoms with van der Waals surface area (Å²) in [7, 11) is 0. The summed E-state index contributed by atoms with van der Waals surface area (Å²) in [4.78, 5) is 11.8. The molecular weight excluding hydrogens is 270 g/mol. The minimum Gasteiger partial charge on any atom is -0.355 e. The number of hydrogen-bond donors (Lipinski definition) is 1. The van der Waals surface area contributed by atoms with E-state index in [9.17, 15) is 4.79 Å². The molecule has 1 atom stereocenters. The molecule has 0 aromatic heterocycles. The lowest BCUT2D eigenvalue weighted by atomic mass is 9.99.